The molecule has 0 aromatic carbocycles. The van der Waals surface area contributed by atoms with E-state index in [1.807, 2.05) is 12.2 Å². The van der Waals surface area contributed by atoms with Gasteiger partial charge in [0.1, 0.15) is 12.7 Å². The van der Waals surface area contributed by atoms with Gasteiger partial charge in [0, 0.05) is 12.8 Å². The molecule has 0 fully saturated rings. The van der Waals surface area contributed by atoms with Crippen LogP contribution in [0.15, 0.2) is 85.1 Å². The fourth-order valence-corrected chi connectivity index (χ4v) is 8.26. The molecule has 0 aromatic rings. The van der Waals surface area contributed by atoms with E-state index in [2.05, 4.69) is 87.6 Å². The van der Waals surface area contributed by atoms with Gasteiger partial charge in [-0.1, -0.05) is 209 Å². The molecule has 0 aliphatic heterocycles. The average molecular weight is 1030 g/mol. The van der Waals surface area contributed by atoms with Gasteiger partial charge in [-0.2, -0.15) is 0 Å². The Bertz CT molecular complexity index is 1530. The Labute approximate surface area is 439 Å². The molecular formula is C60H103O11P. The Balaban J connectivity index is 4.83. The van der Waals surface area contributed by atoms with Crippen molar-refractivity contribution in [2.24, 2.45) is 0 Å². The lowest BCUT2D eigenvalue weighted by Gasteiger charge is -2.21. The molecular weight excluding hydrogens is 928 g/mol. The van der Waals surface area contributed by atoms with Gasteiger partial charge < -0.3 is 24.2 Å². The molecule has 0 spiro atoms. The van der Waals surface area contributed by atoms with Gasteiger partial charge in [-0.05, 0) is 96.3 Å². The predicted octanol–water partition coefficient (Wildman–Crippen LogP) is 16.7. The minimum Gasteiger partial charge on any atom is -0.461 e. The number of esters is 3. The van der Waals surface area contributed by atoms with Gasteiger partial charge in [-0.3, -0.25) is 23.4 Å². The quantitative estimate of drug-likeness (QED) is 0.0197. The van der Waals surface area contributed by atoms with Crippen LogP contribution in [0.3, 0.4) is 0 Å². The monoisotopic (exact) mass is 1030 g/mol. The highest BCUT2D eigenvalue weighted by Crippen LogP contribution is 2.43. The van der Waals surface area contributed by atoms with Crippen LogP contribution in [0, 0.1) is 0 Å². The van der Waals surface area contributed by atoms with Gasteiger partial charge in [0.25, 0.3) is 0 Å². The third kappa shape index (κ3) is 51.6. The van der Waals surface area contributed by atoms with Crippen molar-refractivity contribution in [1.29, 1.82) is 0 Å². The van der Waals surface area contributed by atoms with Crippen LogP contribution in [-0.2, 0) is 42.2 Å². The third-order valence-corrected chi connectivity index (χ3v) is 12.8. The number of carbonyl (C=O) groups is 3. The number of rotatable bonds is 52. The van der Waals surface area contributed by atoms with Crippen molar-refractivity contribution in [2.75, 3.05) is 26.4 Å². The molecule has 0 radical (unpaired) electrons. The molecule has 2 N–H and O–H groups in total. The van der Waals surface area contributed by atoms with Crippen molar-refractivity contribution in [3.05, 3.63) is 85.1 Å². The van der Waals surface area contributed by atoms with Gasteiger partial charge in [0.15, 0.2) is 6.10 Å². The number of allylic oxidation sites excluding steroid dienone is 13. The molecule has 0 aliphatic carbocycles. The van der Waals surface area contributed by atoms with E-state index >= 15 is 0 Å². The zero-order valence-corrected chi connectivity index (χ0v) is 46.5. The minimum atomic E-state index is -4.77. The fourth-order valence-electron chi connectivity index (χ4n) is 7.48. The van der Waals surface area contributed by atoms with Gasteiger partial charge in [0.05, 0.1) is 26.2 Å². The maximum atomic E-state index is 12.9. The fraction of sp³-hybridized carbons (Fsp3) is 0.717. The Morgan fingerprint density at radius 2 is 0.764 bits per heavy atom. The summed E-state index contributed by atoms with van der Waals surface area (Å²) < 4.78 is 39.3. The summed E-state index contributed by atoms with van der Waals surface area (Å²) in [4.78, 5) is 48.4. The normalized spacial score (nSPS) is 14.0. The van der Waals surface area contributed by atoms with Gasteiger partial charge in [-0.15, -0.1) is 0 Å². The highest BCUT2D eigenvalue weighted by atomic mass is 31.2. The SMILES string of the molecule is CC/C=C\C/C=C\C/C=C\C/C=C\C/C=C\CC(=O)OCC(COP(=O)(O)OCC(CO)OC(=O)CCCCCCC/C=C\CCCCCCCC)OC(=O)CCCCCCC/C=C\CCCCCCCC. The molecule has 0 saturated heterocycles. The van der Waals surface area contributed by atoms with Crippen LogP contribution >= 0.6 is 7.82 Å². The molecule has 0 aliphatic rings. The van der Waals surface area contributed by atoms with Crippen LogP contribution in [0.25, 0.3) is 0 Å². The predicted molar refractivity (Wildman–Crippen MR) is 298 cm³/mol. The first-order valence-electron chi connectivity index (χ1n) is 28.5. The molecule has 3 unspecified atom stereocenters. The average Bonchev–Trinajstić information content (AvgIpc) is 3.37. The maximum absolute atomic E-state index is 12.9. The molecule has 11 nitrogen and oxygen atoms in total. The summed E-state index contributed by atoms with van der Waals surface area (Å²) in [7, 11) is -4.77. The number of phosphoric acid groups is 1. The molecule has 0 amide bonds. The summed E-state index contributed by atoms with van der Waals surface area (Å²) in [6.45, 7) is 4.39. The van der Waals surface area contributed by atoms with E-state index < -0.39 is 64.4 Å². The first-order chi connectivity index (χ1) is 35.2. The van der Waals surface area contributed by atoms with Crippen molar-refractivity contribution < 1.29 is 52.2 Å². The van der Waals surface area contributed by atoms with Crippen LogP contribution in [0.4, 0.5) is 0 Å². The second-order valence-electron chi connectivity index (χ2n) is 18.7. The molecule has 3 atom stereocenters. The van der Waals surface area contributed by atoms with E-state index in [0.717, 1.165) is 103 Å². The van der Waals surface area contributed by atoms with Crippen molar-refractivity contribution >= 4 is 25.7 Å². The molecule has 12 heteroatoms. The summed E-state index contributed by atoms with van der Waals surface area (Å²) in [5.41, 5.74) is 0. The van der Waals surface area contributed by atoms with Gasteiger partial charge in [-0.25, -0.2) is 4.57 Å². The Kier molecular flexibility index (Phi) is 51.4. The van der Waals surface area contributed by atoms with Crippen LogP contribution in [0.2, 0.25) is 0 Å². The standard InChI is InChI=1S/C60H103O11P/c1-4-7-10-13-16-19-22-25-28-31-34-37-40-43-46-49-58(62)67-53-57(71-60(64)51-48-45-42-39-36-33-30-27-24-21-18-15-12-9-6-3)55-69-72(65,66)68-54-56(52-61)70-59(63)50-47-44-41-38-35-32-29-26-23-20-17-14-11-8-5-2/h7,10,16,19,25-30,34,37,43,46,56-57,61H,4-6,8-9,11-15,17-18,20-24,31-33,35-36,38-42,44-45,47-55H2,1-3H3,(H,65,66)/b10-7-,19-16-,28-25-,29-26-,30-27-,37-34-,46-43-. The van der Waals surface area contributed by atoms with E-state index in [1.54, 1.807) is 6.08 Å². The van der Waals surface area contributed by atoms with Crippen molar-refractivity contribution in [1.82, 2.24) is 0 Å². The molecule has 0 rings (SSSR count). The number of unbranched alkanes of at least 4 members (excludes halogenated alkanes) is 22. The summed E-state index contributed by atoms with van der Waals surface area (Å²) in [5.74, 6) is -1.64. The molecule has 0 heterocycles. The highest BCUT2D eigenvalue weighted by Gasteiger charge is 2.28. The lowest BCUT2D eigenvalue weighted by Crippen LogP contribution is -2.30. The first kappa shape index (κ1) is 68.7. The molecule has 0 aromatic heterocycles. The zero-order valence-electron chi connectivity index (χ0n) is 45.6. The van der Waals surface area contributed by atoms with Gasteiger partial charge in [0.2, 0.25) is 0 Å². The minimum absolute atomic E-state index is 0.00983. The largest absolute Gasteiger partial charge is 0.472 e. The Hall–Kier alpha value is -3.34. The summed E-state index contributed by atoms with van der Waals surface area (Å²) in [6.07, 6.45) is 61.4. The number of hydrogen-bond donors (Lipinski definition) is 2. The zero-order chi connectivity index (χ0) is 52.7. The molecule has 414 valence electrons. The van der Waals surface area contributed by atoms with Crippen LogP contribution in [0.5, 0.6) is 0 Å². The van der Waals surface area contributed by atoms with E-state index in [-0.39, 0.29) is 19.3 Å². The lowest BCUT2D eigenvalue weighted by atomic mass is 10.1. The second kappa shape index (κ2) is 53.9. The summed E-state index contributed by atoms with van der Waals surface area (Å²) in [6, 6.07) is 0. The number of phosphoric ester groups is 1. The highest BCUT2D eigenvalue weighted by molar-refractivity contribution is 7.47. The van der Waals surface area contributed by atoms with Crippen molar-refractivity contribution in [3.8, 4) is 0 Å². The second-order valence-corrected chi connectivity index (χ2v) is 20.2. The van der Waals surface area contributed by atoms with Crippen LogP contribution in [0.1, 0.15) is 239 Å². The number of ether oxygens (including phenoxy) is 3. The Morgan fingerprint density at radius 1 is 0.417 bits per heavy atom. The topological polar surface area (TPSA) is 155 Å². The first-order valence-corrected chi connectivity index (χ1v) is 30.0. The van der Waals surface area contributed by atoms with Gasteiger partial charge >= 0.3 is 25.7 Å². The maximum Gasteiger partial charge on any atom is 0.472 e. The Morgan fingerprint density at radius 3 is 1.17 bits per heavy atom. The number of aliphatic hydroxyl groups is 1. The van der Waals surface area contributed by atoms with Crippen LogP contribution < -0.4 is 0 Å². The lowest BCUT2D eigenvalue weighted by molar-refractivity contribution is -0.161. The van der Waals surface area contributed by atoms with Crippen LogP contribution in [-0.4, -0.2) is 66.5 Å². The third-order valence-electron chi connectivity index (χ3n) is 11.8. The molecule has 0 saturated carbocycles. The number of carbonyl (C=O) groups excluding carboxylic acids is 3. The number of hydrogen-bond acceptors (Lipinski definition) is 10. The van der Waals surface area contributed by atoms with E-state index in [4.69, 9.17) is 23.3 Å². The molecule has 72 heavy (non-hydrogen) atoms. The van der Waals surface area contributed by atoms with Crippen molar-refractivity contribution in [2.45, 2.75) is 251 Å². The summed E-state index contributed by atoms with van der Waals surface area (Å²) >= 11 is 0. The van der Waals surface area contributed by atoms with Crippen molar-refractivity contribution in [3.63, 3.8) is 0 Å². The van der Waals surface area contributed by atoms with E-state index in [9.17, 15) is 28.9 Å². The molecule has 0 bridgehead atoms. The smallest absolute Gasteiger partial charge is 0.461 e. The van der Waals surface area contributed by atoms with E-state index in [0.29, 0.717) is 19.3 Å². The number of aliphatic hydroxyl groups excluding tert-OH is 1. The van der Waals surface area contributed by atoms with E-state index in [1.165, 1.54) is 77.0 Å². The summed E-state index contributed by atoms with van der Waals surface area (Å²) in [5, 5.41) is 9.81.